The summed E-state index contributed by atoms with van der Waals surface area (Å²) < 4.78 is 0. The first-order valence-electron chi connectivity index (χ1n) is 13.6. The van der Waals surface area contributed by atoms with Gasteiger partial charge >= 0.3 is 0 Å². The number of rotatable bonds is 2. The standard InChI is InChI=1S/C32H36N2O2/c1-4-12-32(36)13-11-29-27-14-20(2)26-15-24(35)9-10-25(26)30(27)28(16-31(29,32)3)22-7-5-21(6-8-22)23-17-33-19-34-18-23/h5-8,15,17-20,25,27-30,36H,9-11,13-14,16H2,1-3H3/t20-,25+,27+,28-,29+,30-,31+,32+/m1/s1. The van der Waals surface area contributed by atoms with E-state index >= 15 is 0 Å². The highest BCUT2D eigenvalue weighted by molar-refractivity contribution is 5.91. The Bertz CT molecular complexity index is 1260. The molecular formula is C32H36N2O2. The second-order valence-electron chi connectivity index (χ2n) is 12.0. The van der Waals surface area contributed by atoms with E-state index in [0.29, 0.717) is 47.7 Å². The lowest BCUT2D eigenvalue weighted by Gasteiger charge is -2.59. The van der Waals surface area contributed by atoms with E-state index < -0.39 is 5.60 Å². The number of hydrogen-bond donors (Lipinski definition) is 1. The smallest absolute Gasteiger partial charge is 0.155 e. The summed E-state index contributed by atoms with van der Waals surface area (Å²) >= 11 is 0. The fraction of sp³-hybridized carbons (Fsp3) is 0.531. The van der Waals surface area contributed by atoms with Gasteiger partial charge in [-0.25, -0.2) is 9.97 Å². The van der Waals surface area contributed by atoms with Crippen molar-refractivity contribution in [3.05, 3.63) is 60.2 Å². The second-order valence-corrected chi connectivity index (χ2v) is 12.0. The molecule has 0 radical (unpaired) electrons. The second kappa shape index (κ2) is 8.67. The van der Waals surface area contributed by atoms with Crippen molar-refractivity contribution >= 4 is 5.78 Å². The number of carbonyl (C=O) groups is 1. The van der Waals surface area contributed by atoms with E-state index in [1.54, 1.807) is 6.33 Å². The van der Waals surface area contributed by atoms with Gasteiger partial charge in [0.15, 0.2) is 5.78 Å². The summed E-state index contributed by atoms with van der Waals surface area (Å²) in [6, 6.07) is 8.94. The van der Waals surface area contributed by atoms with Gasteiger partial charge in [0.25, 0.3) is 0 Å². The molecule has 4 aliphatic carbocycles. The van der Waals surface area contributed by atoms with Crippen molar-refractivity contribution < 1.29 is 9.90 Å². The Hall–Kier alpha value is -2.77. The molecule has 4 aliphatic rings. The Labute approximate surface area is 214 Å². The van der Waals surface area contributed by atoms with Crippen molar-refractivity contribution in [1.82, 2.24) is 9.97 Å². The summed E-state index contributed by atoms with van der Waals surface area (Å²) in [4.78, 5) is 20.8. The van der Waals surface area contributed by atoms with Gasteiger partial charge in [-0.15, -0.1) is 5.92 Å². The van der Waals surface area contributed by atoms with Crippen molar-refractivity contribution in [1.29, 1.82) is 0 Å². The Morgan fingerprint density at radius 2 is 1.81 bits per heavy atom. The van der Waals surface area contributed by atoms with Crippen molar-refractivity contribution in [2.75, 3.05) is 0 Å². The van der Waals surface area contributed by atoms with Gasteiger partial charge in [0.05, 0.1) is 0 Å². The van der Waals surface area contributed by atoms with Crippen molar-refractivity contribution in [3.8, 4) is 23.0 Å². The van der Waals surface area contributed by atoms with Crippen LogP contribution in [0.1, 0.15) is 70.8 Å². The average molecular weight is 481 g/mol. The van der Waals surface area contributed by atoms with Gasteiger partial charge in [-0.2, -0.15) is 0 Å². The predicted octanol–water partition coefficient (Wildman–Crippen LogP) is 5.98. The summed E-state index contributed by atoms with van der Waals surface area (Å²) in [6.45, 7) is 6.48. The first-order valence-corrected chi connectivity index (χ1v) is 13.6. The van der Waals surface area contributed by atoms with Gasteiger partial charge in [-0.1, -0.05) is 49.6 Å². The molecule has 1 aromatic carbocycles. The molecule has 0 aliphatic heterocycles. The largest absolute Gasteiger partial charge is 0.377 e. The molecule has 4 nitrogen and oxygen atoms in total. The number of aliphatic hydroxyl groups is 1. The van der Waals surface area contributed by atoms with E-state index in [0.717, 1.165) is 43.2 Å². The lowest BCUT2D eigenvalue weighted by atomic mass is 9.45. The molecule has 186 valence electrons. The summed E-state index contributed by atoms with van der Waals surface area (Å²) in [5, 5.41) is 11.9. The number of benzene rings is 1. The minimum atomic E-state index is -0.932. The number of aromatic nitrogens is 2. The molecular weight excluding hydrogens is 444 g/mol. The molecule has 36 heavy (non-hydrogen) atoms. The Morgan fingerprint density at radius 3 is 2.53 bits per heavy atom. The zero-order valence-electron chi connectivity index (χ0n) is 21.6. The van der Waals surface area contributed by atoms with Crippen LogP contribution in [0.3, 0.4) is 0 Å². The third-order valence-electron chi connectivity index (χ3n) is 10.4. The van der Waals surface area contributed by atoms with Crippen LogP contribution in [-0.4, -0.2) is 26.5 Å². The van der Waals surface area contributed by atoms with Crippen LogP contribution in [0.15, 0.2) is 54.6 Å². The van der Waals surface area contributed by atoms with Gasteiger partial charge in [0.1, 0.15) is 11.9 Å². The first kappa shape index (κ1) is 23.6. The highest BCUT2D eigenvalue weighted by atomic mass is 16.3. The summed E-state index contributed by atoms with van der Waals surface area (Å²) in [6.07, 6.45) is 12.7. The van der Waals surface area contributed by atoms with Gasteiger partial charge in [0.2, 0.25) is 0 Å². The van der Waals surface area contributed by atoms with Gasteiger partial charge in [-0.05, 0) is 91.7 Å². The van der Waals surface area contributed by atoms with E-state index in [-0.39, 0.29) is 5.41 Å². The third-order valence-corrected chi connectivity index (χ3v) is 10.4. The van der Waals surface area contributed by atoms with Crippen LogP contribution < -0.4 is 0 Å². The molecule has 8 atom stereocenters. The van der Waals surface area contributed by atoms with Crippen LogP contribution >= 0.6 is 0 Å². The van der Waals surface area contributed by atoms with E-state index in [4.69, 9.17) is 0 Å². The van der Waals surface area contributed by atoms with E-state index in [2.05, 4.69) is 59.9 Å². The lowest BCUT2D eigenvalue weighted by Crippen LogP contribution is -2.55. The van der Waals surface area contributed by atoms with Crippen molar-refractivity contribution in [3.63, 3.8) is 0 Å². The van der Waals surface area contributed by atoms with E-state index in [9.17, 15) is 9.90 Å². The molecule has 3 fully saturated rings. The van der Waals surface area contributed by atoms with Crippen LogP contribution in [0.4, 0.5) is 0 Å². The molecule has 4 heteroatoms. The highest BCUT2D eigenvalue weighted by Gasteiger charge is 2.65. The fourth-order valence-electron chi connectivity index (χ4n) is 8.76. The molecule has 0 spiro atoms. The summed E-state index contributed by atoms with van der Waals surface area (Å²) in [7, 11) is 0. The SMILES string of the molecule is CC#C[C@]1(O)CC[C@H]2[C@@H]3C[C@@H](C)C4=CC(=O)CC[C@@H]4[C@H]3[C@@H](c3ccc(-c4cncnc4)cc3)C[C@@]21C. The molecule has 3 saturated carbocycles. The molecule has 0 saturated heterocycles. The van der Waals surface area contributed by atoms with Crippen LogP contribution in [-0.2, 0) is 4.79 Å². The van der Waals surface area contributed by atoms with Crippen LogP contribution in [0.25, 0.3) is 11.1 Å². The lowest BCUT2D eigenvalue weighted by molar-refractivity contribution is -0.118. The molecule has 1 heterocycles. The average Bonchev–Trinajstić information content (AvgIpc) is 3.15. The molecule has 6 rings (SSSR count). The topological polar surface area (TPSA) is 63.1 Å². The molecule has 0 unspecified atom stereocenters. The monoisotopic (exact) mass is 480 g/mol. The van der Waals surface area contributed by atoms with Gasteiger partial charge < -0.3 is 5.11 Å². The Morgan fingerprint density at radius 1 is 1.06 bits per heavy atom. The highest BCUT2D eigenvalue weighted by Crippen LogP contribution is 2.68. The number of allylic oxidation sites excluding steroid dienone is 1. The maximum absolute atomic E-state index is 12.4. The summed E-state index contributed by atoms with van der Waals surface area (Å²) in [5.74, 6) is 9.34. The van der Waals surface area contributed by atoms with Gasteiger partial charge in [-0.3, -0.25) is 4.79 Å². The number of hydrogen-bond acceptors (Lipinski definition) is 4. The molecule has 0 amide bonds. The van der Waals surface area contributed by atoms with Crippen molar-refractivity contribution in [2.45, 2.75) is 70.8 Å². The molecule has 2 aromatic rings. The predicted molar refractivity (Wildman–Crippen MR) is 141 cm³/mol. The van der Waals surface area contributed by atoms with Gasteiger partial charge in [0, 0.05) is 29.8 Å². The Kier molecular flexibility index (Phi) is 5.68. The normalized spacial score (nSPS) is 39.2. The Balaban J connectivity index is 1.45. The number of fused-ring (bicyclic) bond motifs is 5. The van der Waals surface area contributed by atoms with E-state index in [1.165, 1.54) is 11.1 Å². The zero-order chi connectivity index (χ0) is 25.1. The number of nitrogens with zero attached hydrogens (tertiary/aromatic N) is 2. The maximum atomic E-state index is 12.4. The zero-order valence-corrected chi connectivity index (χ0v) is 21.6. The first-order chi connectivity index (χ1) is 17.3. The van der Waals surface area contributed by atoms with Crippen molar-refractivity contribution in [2.24, 2.45) is 35.0 Å². The third kappa shape index (κ3) is 3.51. The van der Waals surface area contributed by atoms with Crippen LogP contribution in [0, 0.1) is 46.8 Å². The summed E-state index contributed by atoms with van der Waals surface area (Å²) in [5.41, 5.74) is 3.70. The van der Waals surface area contributed by atoms with E-state index in [1.807, 2.05) is 25.4 Å². The number of carbonyl (C=O) groups excluding carboxylic acids is 1. The molecule has 1 aromatic heterocycles. The van der Waals surface area contributed by atoms with Crippen LogP contribution in [0.5, 0.6) is 0 Å². The minimum Gasteiger partial charge on any atom is -0.377 e. The molecule has 0 bridgehead atoms. The quantitative estimate of drug-likeness (QED) is 0.537. The number of ketones is 1. The fourth-order valence-corrected chi connectivity index (χ4v) is 8.76. The van der Waals surface area contributed by atoms with Crippen LogP contribution in [0.2, 0.25) is 0 Å². The minimum absolute atomic E-state index is 0.237. The maximum Gasteiger partial charge on any atom is 0.155 e. The molecule has 1 N–H and O–H groups in total.